The van der Waals surface area contributed by atoms with Crippen LogP contribution in [0.2, 0.25) is 0 Å². The van der Waals surface area contributed by atoms with E-state index in [-0.39, 0.29) is 12.3 Å². The van der Waals surface area contributed by atoms with Gasteiger partial charge in [0.25, 0.3) is 0 Å². The van der Waals surface area contributed by atoms with Gasteiger partial charge in [-0.1, -0.05) is 0 Å². The number of hydrogen-bond acceptors (Lipinski definition) is 5. The van der Waals surface area contributed by atoms with Gasteiger partial charge in [0.05, 0.1) is 45.6 Å². The van der Waals surface area contributed by atoms with Crippen LogP contribution in [-0.2, 0) is 14.5 Å². The van der Waals surface area contributed by atoms with Crippen LogP contribution in [0.25, 0.3) is 5.69 Å². The standard InChI is InChI=1S/C16H20N6O2S/c1-4-21(16(23)7-9-25(3,24)19-12-17)15-11-22(20-13(15)2)14-6-5-8-18-10-14/h5-6,8-11H,4,7H2,1-3H3,(H,19,24). The average Bonchev–Trinajstić information content (AvgIpc) is 2.96. The smallest absolute Gasteiger partial charge is 0.231 e. The summed E-state index contributed by atoms with van der Waals surface area (Å²) in [5.41, 5.74) is 2.17. The lowest BCUT2D eigenvalue weighted by atomic mass is 10.3. The van der Waals surface area contributed by atoms with Crippen LogP contribution < -0.4 is 9.62 Å². The molecule has 0 bridgehead atoms. The van der Waals surface area contributed by atoms with Crippen molar-refractivity contribution in [3.05, 3.63) is 36.4 Å². The highest BCUT2D eigenvalue weighted by Crippen LogP contribution is 2.21. The minimum absolute atomic E-state index is 0.0463. The van der Waals surface area contributed by atoms with E-state index in [2.05, 4.69) is 14.8 Å². The number of nitrogens with zero attached hydrogens (tertiary/aromatic N) is 5. The molecule has 0 aliphatic carbocycles. The molecule has 0 aliphatic rings. The molecule has 8 nitrogen and oxygen atoms in total. The molecule has 25 heavy (non-hydrogen) atoms. The Morgan fingerprint density at radius 3 is 2.92 bits per heavy atom. The maximum Gasteiger partial charge on any atom is 0.231 e. The van der Waals surface area contributed by atoms with Crippen LogP contribution in [0.5, 0.6) is 0 Å². The number of aromatic nitrogens is 3. The molecule has 0 radical (unpaired) electrons. The summed E-state index contributed by atoms with van der Waals surface area (Å²) in [6.45, 7) is 4.13. The van der Waals surface area contributed by atoms with E-state index in [1.54, 1.807) is 34.4 Å². The van der Waals surface area contributed by atoms with Crippen LogP contribution >= 0.6 is 0 Å². The molecule has 2 aromatic rings. The first kappa shape index (κ1) is 18.5. The molecule has 0 fully saturated rings. The van der Waals surface area contributed by atoms with Crippen LogP contribution in [0.1, 0.15) is 19.0 Å². The summed E-state index contributed by atoms with van der Waals surface area (Å²) >= 11 is 0. The van der Waals surface area contributed by atoms with E-state index in [9.17, 15) is 9.00 Å². The van der Waals surface area contributed by atoms with E-state index in [0.29, 0.717) is 17.9 Å². The van der Waals surface area contributed by atoms with Crippen LogP contribution in [0.3, 0.4) is 0 Å². The summed E-state index contributed by atoms with van der Waals surface area (Å²) in [5, 5.41) is 14.3. The van der Waals surface area contributed by atoms with E-state index in [1.807, 2.05) is 26.0 Å². The molecule has 0 saturated carbocycles. The van der Waals surface area contributed by atoms with E-state index in [1.165, 1.54) is 11.6 Å². The van der Waals surface area contributed by atoms with Crippen molar-refractivity contribution < 1.29 is 9.00 Å². The third-order valence-electron chi connectivity index (χ3n) is 3.52. The van der Waals surface area contributed by atoms with Gasteiger partial charge in [0.1, 0.15) is 0 Å². The second kappa shape index (κ2) is 7.81. The fourth-order valence-electron chi connectivity index (χ4n) is 2.29. The first-order valence-corrected chi connectivity index (χ1v) is 9.66. The number of nitriles is 1. The molecule has 1 amide bonds. The van der Waals surface area contributed by atoms with Crippen molar-refractivity contribution >= 4 is 26.7 Å². The minimum Gasteiger partial charge on any atom is -0.309 e. The number of carbonyl (C=O) groups excluding carboxylic acids is 1. The van der Waals surface area contributed by atoms with Crippen molar-refractivity contribution in [3.8, 4) is 11.9 Å². The molecule has 0 aromatic carbocycles. The molecule has 2 heterocycles. The van der Waals surface area contributed by atoms with Crippen molar-refractivity contribution in [2.24, 2.45) is 0 Å². The zero-order valence-electron chi connectivity index (χ0n) is 14.3. The number of hydrogen-bond donors (Lipinski definition) is 1. The predicted octanol–water partition coefficient (Wildman–Crippen LogP) is 1.02. The molecule has 1 N–H and O–H groups in total. The maximum atomic E-state index is 12.5. The van der Waals surface area contributed by atoms with Gasteiger partial charge in [0, 0.05) is 19.0 Å². The van der Waals surface area contributed by atoms with Gasteiger partial charge in [-0.25, -0.2) is 13.6 Å². The van der Waals surface area contributed by atoms with E-state index in [0.717, 1.165) is 5.69 Å². The Balaban J connectivity index is 2.26. The average molecular weight is 360 g/mol. The monoisotopic (exact) mass is 360 g/mol. The van der Waals surface area contributed by atoms with E-state index in [4.69, 9.17) is 5.26 Å². The Bertz CT molecular complexity index is 906. The molecule has 0 saturated heterocycles. The summed E-state index contributed by atoms with van der Waals surface area (Å²) in [5.74, 6) is -0.217. The van der Waals surface area contributed by atoms with Gasteiger partial charge in [-0.15, -0.1) is 0 Å². The fraction of sp³-hybridized carbons (Fsp3) is 0.312. The Morgan fingerprint density at radius 1 is 1.56 bits per heavy atom. The lowest BCUT2D eigenvalue weighted by Crippen LogP contribution is -2.32. The summed E-state index contributed by atoms with van der Waals surface area (Å²) < 4.78 is 15.9. The molecular weight excluding hydrogens is 340 g/mol. The van der Waals surface area contributed by atoms with Crippen molar-refractivity contribution in [1.82, 2.24) is 19.5 Å². The van der Waals surface area contributed by atoms with Crippen LogP contribution in [-0.4, -0.2) is 43.0 Å². The van der Waals surface area contributed by atoms with Crippen molar-refractivity contribution in [2.45, 2.75) is 20.3 Å². The van der Waals surface area contributed by atoms with Crippen LogP contribution in [0.15, 0.2) is 30.7 Å². The largest absolute Gasteiger partial charge is 0.309 e. The van der Waals surface area contributed by atoms with Gasteiger partial charge >= 0.3 is 0 Å². The molecule has 132 valence electrons. The number of pyridine rings is 1. The number of rotatable bonds is 6. The molecule has 2 rings (SSSR count). The number of amides is 1. The highest BCUT2D eigenvalue weighted by Gasteiger charge is 2.18. The summed E-state index contributed by atoms with van der Waals surface area (Å²) in [7, 11) is -2.66. The Labute approximate surface area is 147 Å². The topological polar surface area (TPSA) is 104 Å². The lowest BCUT2D eigenvalue weighted by Gasteiger charge is -2.19. The quantitative estimate of drug-likeness (QED) is 0.470. The van der Waals surface area contributed by atoms with Crippen LogP contribution in [0.4, 0.5) is 5.69 Å². The van der Waals surface area contributed by atoms with Gasteiger partial charge in [-0.2, -0.15) is 10.4 Å². The number of aryl methyl sites for hydroxylation is 1. The molecule has 1 unspecified atom stereocenters. The van der Waals surface area contributed by atoms with Gasteiger partial charge in [-0.3, -0.25) is 9.78 Å². The SMILES string of the molecule is CCN(C(=O)CC=S(C)(=O)NC#N)c1cn(-c2cccnc2)nc1C. The molecule has 2 aromatic heterocycles. The molecule has 0 aliphatic heterocycles. The first-order valence-electron chi connectivity index (χ1n) is 7.63. The third kappa shape index (κ3) is 4.58. The van der Waals surface area contributed by atoms with Crippen molar-refractivity contribution in [2.75, 3.05) is 17.7 Å². The molecule has 0 spiro atoms. The number of anilines is 1. The zero-order valence-corrected chi connectivity index (χ0v) is 15.2. The Kier molecular flexibility index (Phi) is 5.77. The van der Waals surface area contributed by atoms with Gasteiger partial charge in [0.2, 0.25) is 5.91 Å². The first-order chi connectivity index (χ1) is 11.9. The van der Waals surface area contributed by atoms with E-state index >= 15 is 0 Å². The number of carbonyl (C=O) groups is 1. The second-order valence-electron chi connectivity index (χ2n) is 5.38. The predicted molar refractivity (Wildman–Crippen MR) is 97.6 cm³/mol. The number of nitrogens with one attached hydrogen (secondary N) is 1. The Morgan fingerprint density at radius 2 is 2.32 bits per heavy atom. The second-order valence-corrected chi connectivity index (χ2v) is 7.73. The molecular formula is C16H20N6O2S. The minimum atomic E-state index is -2.66. The summed E-state index contributed by atoms with van der Waals surface area (Å²) in [4.78, 5) is 18.2. The fourth-order valence-corrected chi connectivity index (χ4v) is 3.02. The molecule has 1 atom stereocenters. The van der Waals surface area contributed by atoms with Gasteiger partial charge in [-0.05, 0) is 31.3 Å². The summed E-state index contributed by atoms with van der Waals surface area (Å²) in [6, 6.07) is 3.68. The van der Waals surface area contributed by atoms with Gasteiger partial charge in [0.15, 0.2) is 6.19 Å². The van der Waals surface area contributed by atoms with E-state index < -0.39 is 9.71 Å². The lowest BCUT2D eigenvalue weighted by molar-refractivity contribution is -0.117. The Hall–Kier alpha value is -2.86. The van der Waals surface area contributed by atoms with Crippen molar-refractivity contribution in [3.63, 3.8) is 0 Å². The zero-order chi connectivity index (χ0) is 18.4. The third-order valence-corrected chi connectivity index (χ3v) is 4.82. The van der Waals surface area contributed by atoms with Crippen molar-refractivity contribution in [1.29, 1.82) is 5.26 Å². The summed E-state index contributed by atoms with van der Waals surface area (Å²) in [6.07, 6.45) is 8.10. The highest BCUT2D eigenvalue weighted by atomic mass is 32.2. The highest BCUT2D eigenvalue weighted by molar-refractivity contribution is 7.99. The van der Waals surface area contributed by atoms with Crippen LogP contribution in [0, 0.1) is 18.4 Å². The van der Waals surface area contributed by atoms with Gasteiger partial charge < -0.3 is 4.90 Å². The normalized spacial score (nSPS) is 12.7. The maximum absolute atomic E-state index is 12.5. The molecule has 9 heteroatoms.